The first-order valence-corrected chi connectivity index (χ1v) is 6.33. The van der Waals surface area contributed by atoms with Gasteiger partial charge in [0.1, 0.15) is 6.04 Å². The van der Waals surface area contributed by atoms with Gasteiger partial charge in [0.2, 0.25) is 5.91 Å². The van der Waals surface area contributed by atoms with Crippen LogP contribution in [-0.2, 0) is 16.0 Å². The zero-order chi connectivity index (χ0) is 14.7. The van der Waals surface area contributed by atoms with E-state index >= 15 is 0 Å². The number of fused-ring (bicyclic) bond motifs is 1. The molecule has 0 saturated heterocycles. The van der Waals surface area contributed by atoms with Gasteiger partial charge in [0.15, 0.2) is 0 Å². The van der Waals surface area contributed by atoms with Crippen molar-refractivity contribution in [1.29, 1.82) is 0 Å². The van der Waals surface area contributed by atoms with Crippen molar-refractivity contribution < 1.29 is 14.7 Å². The summed E-state index contributed by atoms with van der Waals surface area (Å²) in [6.45, 7) is 1.51. The zero-order valence-electron chi connectivity index (χ0n) is 11.1. The second-order valence-corrected chi connectivity index (χ2v) is 4.75. The van der Waals surface area contributed by atoms with E-state index in [2.05, 4.69) is 10.3 Å². The van der Waals surface area contributed by atoms with Crippen molar-refractivity contribution in [1.82, 2.24) is 10.3 Å². The number of H-pyrrole nitrogens is 1. The van der Waals surface area contributed by atoms with Gasteiger partial charge in [-0.3, -0.25) is 4.79 Å². The maximum Gasteiger partial charge on any atom is 0.326 e. The second kappa shape index (κ2) is 5.75. The van der Waals surface area contributed by atoms with E-state index in [1.807, 2.05) is 24.3 Å². The molecular formula is C14H17N3O3. The SMILES string of the molecule is CC(N)C(=O)N[C@@H](Cc1c[nH]c2ccccc12)C(=O)O. The predicted octanol–water partition coefficient (Wildman–Crippen LogP) is 0.627. The Morgan fingerprint density at radius 1 is 1.40 bits per heavy atom. The minimum Gasteiger partial charge on any atom is -0.480 e. The van der Waals surface area contributed by atoms with Crippen molar-refractivity contribution in [2.75, 3.05) is 0 Å². The first kappa shape index (κ1) is 14.1. The van der Waals surface area contributed by atoms with Crippen LogP contribution in [-0.4, -0.2) is 34.1 Å². The quantitative estimate of drug-likeness (QED) is 0.641. The number of carbonyl (C=O) groups excluding carboxylic acids is 1. The van der Waals surface area contributed by atoms with E-state index in [1.54, 1.807) is 6.20 Å². The van der Waals surface area contributed by atoms with Crippen LogP contribution in [0.1, 0.15) is 12.5 Å². The summed E-state index contributed by atoms with van der Waals surface area (Å²) in [5.41, 5.74) is 7.22. The molecule has 0 saturated carbocycles. The van der Waals surface area contributed by atoms with Crippen molar-refractivity contribution >= 4 is 22.8 Å². The van der Waals surface area contributed by atoms with E-state index < -0.39 is 24.0 Å². The van der Waals surface area contributed by atoms with E-state index in [-0.39, 0.29) is 6.42 Å². The number of aromatic nitrogens is 1. The van der Waals surface area contributed by atoms with Crippen molar-refractivity contribution in [2.24, 2.45) is 5.73 Å². The number of hydrogen-bond acceptors (Lipinski definition) is 3. The summed E-state index contributed by atoms with van der Waals surface area (Å²) in [6, 6.07) is 5.88. The molecule has 2 aromatic rings. The fraction of sp³-hybridized carbons (Fsp3) is 0.286. The Morgan fingerprint density at radius 3 is 2.75 bits per heavy atom. The Labute approximate surface area is 116 Å². The van der Waals surface area contributed by atoms with Crippen LogP contribution >= 0.6 is 0 Å². The van der Waals surface area contributed by atoms with Crippen LogP contribution in [0.5, 0.6) is 0 Å². The number of aliphatic carboxylic acids is 1. The van der Waals surface area contributed by atoms with Crippen molar-refractivity contribution in [3.05, 3.63) is 36.0 Å². The average Bonchev–Trinajstić information content (AvgIpc) is 2.81. The van der Waals surface area contributed by atoms with Crippen LogP contribution in [0.25, 0.3) is 10.9 Å². The summed E-state index contributed by atoms with van der Waals surface area (Å²) >= 11 is 0. The summed E-state index contributed by atoms with van der Waals surface area (Å²) in [7, 11) is 0. The third-order valence-corrected chi connectivity index (χ3v) is 3.13. The zero-order valence-corrected chi connectivity index (χ0v) is 11.1. The highest BCUT2D eigenvalue weighted by Crippen LogP contribution is 2.19. The number of para-hydroxylation sites is 1. The number of hydrogen-bond donors (Lipinski definition) is 4. The molecule has 0 radical (unpaired) electrons. The van der Waals surface area contributed by atoms with Gasteiger partial charge in [-0.1, -0.05) is 18.2 Å². The molecule has 1 unspecified atom stereocenters. The van der Waals surface area contributed by atoms with Crippen molar-refractivity contribution in [3.63, 3.8) is 0 Å². The van der Waals surface area contributed by atoms with Crippen LogP contribution < -0.4 is 11.1 Å². The van der Waals surface area contributed by atoms with E-state index in [0.29, 0.717) is 0 Å². The lowest BCUT2D eigenvalue weighted by Crippen LogP contribution is -2.48. The molecule has 0 aliphatic carbocycles. The Balaban J connectivity index is 2.20. The van der Waals surface area contributed by atoms with Gasteiger partial charge in [0.05, 0.1) is 6.04 Å². The number of nitrogens with one attached hydrogen (secondary N) is 2. The molecule has 20 heavy (non-hydrogen) atoms. The molecular weight excluding hydrogens is 258 g/mol. The van der Waals surface area contributed by atoms with Crippen molar-refractivity contribution in [2.45, 2.75) is 25.4 Å². The topological polar surface area (TPSA) is 108 Å². The fourth-order valence-corrected chi connectivity index (χ4v) is 2.02. The van der Waals surface area contributed by atoms with Crippen LogP contribution in [0.3, 0.4) is 0 Å². The maximum absolute atomic E-state index is 11.5. The molecule has 6 heteroatoms. The highest BCUT2D eigenvalue weighted by Gasteiger charge is 2.22. The molecule has 2 rings (SSSR count). The molecule has 6 nitrogen and oxygen atoms in total. The molecule has 106 valence electrons. The number of nitrogens with two attached hydrogens (primary N) is 1. The van der Waals surface area contributed by atoms with Gasteiger partial charge in [-0.25, -0.2) is 4.79 Å². The van der Waals surface area contributed by atoms with E-state index in [4.69, 9.17) is 5.73 Å². The summed E-state index contributed by atoms with van der Waals surface area (Å²) < 4.78 is 0. The molecule has 5 N–H and O–H groups in total. The van der Waals surface area contributed by atoms with Gasteiger partial charge in [-0.05, 0) is 18.6 Å². The van der Waals surface area contributed by atoms with Crippen LogP contribution in [0.15, 0.2) is 30.5 Å². The minimum atomic E-state index is -1.08. The number of aromatic amines is 1. The Morgan fingerprint density at radius 2 is 2.10 bits per heavy atom. The molecule has 0 fully saturated rings. The van der Waals surface area contributed by atoms with Crippen LogP contribution in [0.2, 0.25) is 0 Å². The number of amides is 1. The Bertz CT molecular complexity index is 633. The minimum absolute atomic E-state index is 0.206. The third kappa shape index (κ3) is 2.97. The molecule has 0 bridgehead atoms. The fourth-order valence-electron chi connectivity index (χ4n) is 2.02. The molecule has 1 aromatic heterocycles. The van der Waals surface area contributed by atoms with Gasteiger partial charge in [-0.15, -0.1) is 0 Å². The van der Waals surface area contributed by atoms with Crippen molar-refractivity contribution in [3.8, 4) is 0 Å². The van der Waals surface area contributed by atoms with Crippen LogP contribution in [0.4, 0.5) is 0 Å². The smallest absolute Gasteiger partial charge is 0.326 e. The average molecular weight is 275 g/mol. The number of carboxylic acid groups (broad SMARTS) is 1. The summed E-state index contributed by atoms with van der Waals surface area (Å²) in [6.07, 6.45) is 1.97. The van der Waals surface area contributed by atoms with Gasteiger partial charge in [0, 0.05) is 23.5 Å². The predicted molar refractivity (Wildman–Crippen MR) is 75.2 cm³/mol. The Hall–Kier alpha value is -2.34. The lowest BCUT2D eigenvalue weighted by atomic mass is 10.0. The Kier molecular flexibility index (Phi) is 4.05. The van der Waals surface area contributed by atoms with E-state index in [1.165, 1.54) is 6.92 Å². The lowest BCUT2D eigenvalue weighted by molar-refractivity contribution is -0.141. The molecule has 2 atom stereocenters. The highest BCUT2D eigenvalue weighted by molar-refractivity contribution is 5.88. The standard InChI is InChI=1S/C14H17N3O3/c1-8(15)13(18)17-12(14(19)20)6-9-7-16-11-5-3-2-4-10(9)11/h2-5,7-8,12,16H,6,15H2,1H3,(H,17,18)(H,19,20)/t8?,12-/m0/s1. The van der Waals surface area contributed by atoms with Gasteiger partial charge in [0.25, 0.3) is 0 Å². The number of carbonyl (C=O) groups is 2. The number of benzene rings is 1. The maximum atomic E-state index is 11.5. The molecule has 1 heterocycles. The number of carboxylic acids is 1. The molecule has 0 spiro atoms. The highest BCUT2D eigenvalue weighted by atomic mass is 16.4. The second-order valence-electron chi connectivity index (χ2n) is 4.75. The van der Waals surface area contributed by atoms with Gasteiger partial charge < -0.3 is 21.1 Å². The molecule has 1 amide bonds. The van der Waals surface area contributed by atoms with Crippen LogP contribution in [0, 0.1) is 0 Å². The summed E-state index contributed by atoms with van der Waals surface area (Å²) in [5, 5.41) is 12.6. The molecule has 1 aromatic carbocycles. The molecule has 0 aliphatic rings. The molecule has 0 aliphatic heterocycles. The normalized spacial score (nSPS) is 13.9. The first-order valence-electron chi connectivity index (χ1n) is 6.33. The third-order valence-electron chi connectivity index (χ3n) is 3.13. The monoisotopic (exact) mass is 275 g/mol. The largest absolute Gasteiger partial charge is 0.480 e. The van der Waals surface area contributed by atoms with Gasteiger partial charge in [-0.2, -0.15) is 0 Å². The first-order chi connectivity index (χ1) is 9.49. The van der Waals surface area contributed by atoms with E-state index in [9.17, 15) is 14.7 Å². The van der Waals surface area contributed by atoms with Gasteiger partial charge >= 0.3 is 5.97 Å². The van der Waals surface area contributed by atoms with E-state index in [0.717, 1.165) is 16.5 Å². The lowest BCUT2D eigenvalue weighted by Gasteiger charge is -2.15. The summed E-state index contributed by atoms with van der Waals surface area (Å²) in [4.78, 5) is 25.9. The summed E-state index contributed by atoms with van der Waals surface area (Å²) in [5.74, 6) is -1.55. The number of rotatable bonds is 5.